The third-order valence-corrected chi connectivity index (χ3v) is 2.97. The van der Waals surface area contributed by atoms with Crippen LogP contribution in [0.5, 0.6) is 5.75 Å². The van der Waals surface area contributed by atoms with Gasteiger partial charge in [-0.3, -0.25) is 9.59 Å². The number of aliphatic carboxylic acids is 1. The number of carboxylic acid groups (broad SMARTS) is 1. The zero-order valence-electron chi connectivity index (χ0n) is 12.4. The van der Waals surface area contributed by atoms with E-state index in [4.69, 9.17) is 9.84 Å². The Morgan fingerprint density at radius 1 is 1.24 bits per heavy atom. The van der Waals surface area contributed by atoms with Crippen LogP contribution in [0.3, 0.4) is 0 Å². The van der Waals surface area contributed by atoms with E-state index >= 15 is 0 Å². The summed E-state index contributed by atoms with van der Waals surface area (Å²) in [4.78, 5) is 21.8. The summed E-state index contributed by atoms with van der Waals surface area (Å²) in [5.41, 5.74) is 0.937. The van der Waals surface area contributed by atoms with Crippen molar-refractivity contribution in [2.24, 2.45) is 0 Å². The van der Waals surface area contributed by atoms with Gasteiger partial charge in [0.15, 0.2) is 0 Å². The Morgan fingerprint density at radius 2 is 2.05 bits per heavy atom. The maximum Gasteiger partial charge on any atom is 0.303 e. The number of rotatable bonds is 10. The minimum atomic E-state index is -0.965. The molecule has 2 N–H and O–H groups in total. The van der Waals surface area contributed by atoms with Gasteiger partial charge in [-0.05, 0) is 24.1 Å². The predicted molar refractivity (Wildman–Crippen MR) is 80.2 cm³/mol. The molecule has 0 fully saturated rings. The van der Waals surface area contributed by atoms with Crippen molar-refractivity contribution in [3.63, 3.8) is 0 Å². The number of benzene rings is 1. The number of hydrogen-bond acceptors (Lipinski definition) is 3. The van der Waals surface area contributed by atoms with Crippen LogP contribution in [0.25, 0.3) is 0 Å². The highest BCUT2D eigenvalue weighted by Gasteiger charge is 2.05. The van der Waals surface area contributed by atoms with Gasteiger partial charge >= 0.3 is 5.97 Å². The number of hydrogen-bond donors (Lipinski definition) is 2. The third-order valence-electron chi connectivity index (χ3n) is 2.97. The molecule has 0 saturated heterocycles. The number of carbonyl (C=O) groups is 2. The van der Waals surface area contributed by atoms with E-state index in [0.717, 1.165) is 30.6 Å². The van der Waals surface area contributed by atoms with Crippen LogP contribution in [0.4, 0.5) is 0 Å². The quantitative estimate of drug-likeness (QED) is 0.650. The Hall–Kier alpha value is -2.04. The molecule has 0 spiro atoms. The van der Waals surface area contributed by atoms with E-state index in [1.165, 1.54) is 0 Å². The lowest BCUT2D eigenvalue weighted by molar-refractivity contribution is -0.138. The summed E-state index contributed by atoms with van der Waals surface area (Å²) in [7, 11) is 0. The number of unbranched alkanes of at least 4 members (excludes halogenated alkanes) is 2. The van der Waals surface area contributed by atoms with Gasteiger partial charge in [-0.1, -0.05) is 31.9 Å². The lowest BCUT2D eigenvalue weighted by Gasteiger charge is -2.08. The van der Waals surface area contributed by atoms with Crippen LogP contribution >= 0.6 is 0 Å². The predicted octanol–water partition coefficient (Wildman–Crippen LogP) is 2.74. The Labute approximate surface area is 125 Å². The average Bonchev–Trinajstić information content (AvgIpc) is 2.48. The molecule has 0 saturated carbocycles. The highest BCUT2D eigenvalue weighted by Crippen LogP contribution is 2.14. The van der Waals surface area contributed by atoms with Gasteiger partial charge in [-0.25, -0.2) is 0 Å². The molecule has 0 bridgehead atoms. The number of amides is 1. The van der Waals surface area contributed by atoms with E-state index in [9.17, 15) is 9.59 Å². The fourth-order valence-corrected chi connectivity index (χ4v) is 1.80. The molecule has 116 valence electrons. The van der Waals surface area contributed by atoms with Gasteiger partial charge in [0.2, 0.25) is 5.91 Å². The third kappa shape index (κ3) is 7.97. The number of carbonyl (C=O) groups excluding carboxylic acids is 1. The molecule has 1 aromatic rings. The van der Waals surface area contributed by atoms with E-state index in [1.807, 2.05) is 24.3 Å². The first-order chi connectivity index (χ1) is 10.1. The molecule has 0 aliphatic rings. The summed E-state index contributed by atoms with van der Waals surface area (Å²) in [6.45, 7) is 3.22. The number of ether oxygens (including phenoxy) is 1. The summed E-state index contributed by atoms with van der Waals surface area (Å²) in [5.74, 6) is -0.428. The van der Waals surface area contributed by atoms with Gasteiger partial charge < -0.3 is 15.2 Å². The van der Waals surface area contributed by atoms with Crippen molar-refractivity contribution in [2.45, 2.75) is 45.6 Å². The minimum absolute atomic E-state index is 0.00252. The van der Waals surface area contributed by atoms with Crippen molar-refractivity contribution in [2.75, 3.05) is 6.61 Å². The largest absolute Gasteiger partial charge is 0.494 e. The molecule has 0 aliphatic carbocycles. The van der Waals surface area contributed by atoms with Crippen molar-refractivity contribution in [1.29, 1.82) is 0 Å². The molecule has 0 atom stereocenters. The first-order valence-corrected chi connectivity index (χ1v) is 7.32. The zero-order chi connectivity index (χ0) is 15.5. The fraction of sp³-hybridized carbons (Fsp3) is 0.500. The number of nitrogens with one attached hydrogen (secondary N) is 1. The van der Waals surface area contributed by atoms with Crippen molar-refractivity contribution >= 4 is 11.9 Å². The SMILES string of the molecule is CCCCCOc1cccc(CNC(=O)CCC(=O)O)c1. The van der Waals surface area contributed by atoms with Crippen LogP contribution in [0, 0.1) is 0 Å². The average molecular weight is 293 g/mol. The molecule has 5 nitrogen and oxygen atoms in total. The standard InChI is InChI=1S/C16H23NO4/c1-2-3-4-10-21-14-7-5-6-13(11-14)12-17-15(18)8-9-16(19)20/h5-7,11H,2-4,8-10,12H2,1H3,(H,17,18)(H,19,20). The maximum atomic E-state index is 11.4. The van der Waals surface area contributed by atoms with Crippen LogP contribution in [-0.2, 0) is 16.1 Å². The van der Waals surface area contributed by atoms with Crippen molar-refractivity contribution in [1.82, 2.24) is 5.32 Å². The van der Waals surface area contributed by atoms with E-state index in [0.29, 0.717) is 13.2 Å². The monoisotopic (exact) mass is 293 g/mol. The Balaban J connectivity index is 2.34. The fourth-order valence-electron chi connectivity index (χ4n) is 1.80. The van der Waals surface area contributed by atoms with Crippen LogP contribution in [0.15, 0.2) is 24.3 Å². The summed E-state index contributed by atoms with van der Waals surface area (Å²) < 4.78 is 5.64. The molecule has 0 heterocycles. The molecule has 5 heteroatoms. The first kappa shape index (κ1) is 17.0. The van der Waals surface area contributed by atoms with Crippen LogP contribution < -0.4 is 10.1 Å². The lowest BCUT2D eigenvalue weighted by Crippen LogP contribution is -2.23. The Morgan fingerprint density at radius 3 is 2.76 bits per heavy atom. The highest BCUT2D eigenvalue weighted by molar-refractivity contribution is 5.80. The molecule has 21 heavy (non-hydrogen) atoms. The number of carboxylic acids is 1. The van der Waals surface area contributed by atoms with E-state index < -0.39 is 5.97 Å². The van der Waals surface area contributed by atoms with Crippen molar-refractivity contribution in [3.05, 3.63) is 29.8 Å². The van der Waals surface area contributed by atoms with Gasteiger partial charge in [0.1, 0.15) is 5.75 Å². The molecular formula is C16H23NO4. The normalized spacial score (nSPS) is 10.1. The van der Waals surface area contributed by atoms with Gasteiger partial charge in [-0.2, -0.15) is 0 Å². The molecular weight excluding hydrogens is 270 g/mol. The zero-order valence-corrected chi connectivity index (χ0v) is 12.4. The van der Waals surface area contributed by atoms with Crippen LogP contribution in [0.2, 0.25) is 0 Å². The summed E-state index contributed by atoms with van der Waals surface area (Å²) in [6, 6.07) is 7.56. The summed E-state index contributed by atoms with van der Waals surface area (Å²) in [6.07, 6.45) is 3.20. The Bertz CT molecular complexity index is 459. The van der Waals surface area contributed by atoms with Gasteiger partial charge in [0.25, 0.3) is 0 Å². The molecule has 0 aromatic heterocycles. The smallest absolute Gasteiger partial charge is 0.303 e. The summed E-state index contributed by atoms with van der Waals surface area (Å²) in [5, 5.41) is 11.2. The van der Waals surface area contributed by atoms with Gasteiger partial charge in [0, 0.05) is 13.0 Å². The van der Waals surface area contributed by atoms with Crippen molar-refractivity contribution in [3.8, 4) is 5.75 Å². The lowest BCUT2D eigenvalue weighted by atomic mass is 10.2. The molecule has 1 aromatic carbocycles. The van der Waals surface area contributed by atoms with Crippen LogP contribution in [-0.4, -0.2) is 23.6 Å². The highest BCUT2D eigenvalue weighted by atomic mass is 16.5. The molecule has 1 rings (SSSR count). The van der Waals surface area contributed by atoms with Gasteiger partial charge in [0.05, 0.1) is 13.0 Å². The summed E-state index contributed by atoms with van der Waals surface area (Å²) >= 11 is 0. The molecule has 0 radical (unpaired) electrons. The second-order valence-electron chi connectivity index (χ2n) is 4.87. The maximum absolute atomic E-state index is 11.4. The second kappa shape index (κ2) is 9.80. The van der Waals surface area contributed by atoms with Gasteiger partial charge in [-0.15, -0.1) is 0 Å². The molecule has 0 unspecified atom stereocenters. The van der Waals surface area contributed by atoms with Crippen molar-refractivity contribution < 1.29 is 19.4 Å². The van der Waals surface area contributed by atoms with E-state index in [2.05, 4.69) is 12.2 Å². The topological polar surface area (TPSA) is 75.6 Å². The first-order valence-electron chi connectivity index (χ1n) is 7.32. The van der Waals surface area contributed by atoms with E-state index in [1.54, 1.807) is 0 Å². The molecule has 0 aliphatic heterocycles. The second-order valence-corrected chi connectivity index (χ2v) is 4.87. The Kier molecular flexibility index (Phi) is 7.94. The van der Waals surface area contributed by atoms with Crippen LogP contribution in [0.1, 0.15) is 44.6 Å². The van der Waals surface area contributed by atoms with E-state index in [-0.39, 0.29) is 18.7 Å². The minimum Gasteiger partial charge on any atom is -0.494 e. The molecule has 1 amide bonds.